The third kappa shape index (κ3) is 3.21. The van der Waals surface area contributed by atoms with Crippen LogP contribution in [0.25, 0.3) is 0 Å². The van der Waals surface area contributed by atoms with Gasteiger partial charge in [-0.25, -0.2) is 4.79 Å². The Hall–Kier alpha value is -1.70. The van der Waals surface area contributed by atoms with Gasteiger partial charge in [-0.05, 0) is 44.1 Å². The summed E-state index contributed by atoms with van der Waals surface area (Å²) >= 11 is 0. The normalized spacial score (nSPS) is 20.6. The highest BCUT2D eigenvalue weighted by molar-refractivity contribution is 7.60. The predicted octanol–water partition coefficient (Wildman–Crippen LogP) is 2.72. The van der Waals surface area contributed by atoms with Gasteiger partial charge >= 0.3 is 5.97 Å². The van der Waals surface area contributed by atoms with Gasteiger partial charge in [0.2, 0.25) is 0 Å². The molecule has 2 unspecified atom stereocenters. The van der Waals surface area contributed by atoms with Crippen LogP contribution in [-0.2, 0) is 9.53 Å². The fraction of sp³-hybridized carbons (Fsp3) is 0.333. The molecule has 1 aromatic carbocycles. The van der Waals surface area contributed by atoms with Gasteiger partial charge in [-0.15, -0.1) is 0 Å². The van der Waals surface area contributed by atoms with Crippen LogP contribution in [0.3, 0.4) is 0 Å². The molecule has 0 bridgehead atoms. The SMILES string of the molecule is CCOC(=O)C1=C(C)C=C(C)/C(=[P+](/[O-])c2ccccc2)C1C. The fourth-order valence-corrected chi connectivity index (χ4v) is 4.47. The van der Waals surface area contributed by atoms with E-state index in [1.54, 1.807) is 6.92 Å². The second-order valence-corrected chi connectivity index (χ2v) is 6.97. The zero-order chi connectivity index (χ0) is 16.3. The molecule has 0 amide bonds. The summed E-state index contributed by atoms with van der Waals surface area (Å²) in [6, 6.07) is 9.38. The molecule has 0 saturated heterocycles. The Morgan fingerprint density at radius 1 is 1.27 bits per heavy atom. The zero-order valence-electron chi connectivity index (χ0n) is 13.4. The van der Waals surface area contributed by atoms with Crippen LogP contribution in [0.1, 0.15) is 27.7 Å². The molecule has 116 valence electrons. The van der Waals surface area contributed by atoms with E-state index in [9.17, 15) is 9.69 Å². The van der Waals surface area contributed by atoms with E-state index in [-0.39, 0.29) is 11.9 Å². The first-order valence-electron chi connectivity index (χ1n) is 7.43. The van der Waals surface area contributed by atoms with Gasteiger partial charge in [0.05, 0.1) is 25.9 Å². The van der Waals surface area contributed by atoms with Crippen LogP contribution in [-0.4, -0.2) is 17.9 Å². The monoisotopic (exact) mass is 316 g/mol. The van der Waals surface area contributed by atoms with Crippen molar-refractivity contribution >= 4 is 24.3 Å². The van der Waals surface area contributed by atoms with Crippen molar-refractivity contribution in [1.29, 1.82) is 0 Å². The van der Waals surface area contributed by atoms with Crippen molar-refractivity contribution in [2.75, 3.05) is 6.61 Å². The maximum Gasteiger partial charge on any atom is 0.335 e. The van der Waals surface area contributed by atoms with Crippen LogP contribution in [0.5, 0.6) is 0 Å². The zero-order valence-corrected chi connectivity index (χ0v) is 14.3. The van der Waals surface area contributed by atoms with Crippen LogP contribution in [0.15, 0.2) is 53.1 Å². The van der Waals surface area contributed by atoms with E-state index in [2.05, 4.69) is 0 Å². The van der Waals surface area contributed by atoms with Crippen molar-refractivity contribution in [2.24, 2.45) is 5.92 Å². The minimum Gasteiger partial charge on any atom is -0.626 e. The van der Waals surface area contributed by atoms with Crippen molar-refractivity contribution in [3.63, 3.8) is 0 Å². The number of esters is 1. The van der Waals surface area contributed by atoms with E-state index < -0.39 is 7.77 Å². The first-order valence-corrected chi connectivity index (χ1v) is 8.69. The average Bonchev–Trinajstić information content (AvgIpc) is 2.47. The summed E-state index contributed by atoms with van der Waals surface area (Å²) in [4.78, 5) is 25.2. The van der Waals surface area contributed by atoms with E-state index in [1.807, 2.05) is 57.2 Å². The van der Waals surface area contributed by atoms with Crippen LogP contribution in [0, 0.1) is 5.92 Å². The second kappa shape index (κ2) is 7.04. The van der Waals surface area contributed by atoms with Gasteiger partial charge in [0.15, 0.2) is 0 Å². The molecule has 0 heterocycles. The molecule has 22 heavy (non-hydrogen) atoms. The average molecular weight is 316 g/mol. The largest absolute Gasteiger partial charge is 0.626 e. The van der Waals surface area contributed by atoms with Crippen LogP contribution in [0.4, 0.5) is 0 Å². The van der Waals surface area contributed by atoms with E-state index in [0.717, 1.165) is 21.7 Å². The second-order valence-electron chi connectivity index (χ2n) is 5.38. The number of carbonyl (C=O) groups excluding carboxylic acids is 1. The summed E-state index contributed by atoms with van der Waals surface area (Å²) in [6.45, 7) is 7.91. The first kappa shape index (κ1) is 16.7. The van der Waals surface area contributed by atoms with Crippen molar-refractivity contribution in [3.05, 3.63) is 53.1 Å². The molecule has 0 saturated carbocycles. The molecule has 3 nitrogen and oxygen atoms in total. The Labute approximate surface area is 132 Å². The van der Waals surface area contributed by atoms with Crippen molar-refractivity contribution in [3.8, 4) is 0 Å². The highest BCUT2D eigenvalue weighted by atomic mass is 31.1. The summed E-state index contributed by atoms with van der Waals surface area (Å²) in [5.74, 6) is -0.516. The lowest BCUT2D eigenvalue weighted by molar-refractivity contribution is -0.149. The van der Waals surface area contributed by atoms with Gasteiger partial charge in [-0.2, -0.15) is 0 Å². The molecule has 2 rings (SSSR count). The summed E-state index contributed by atoms with van der Waals surface area (Å²) < 4.78 is 5.16. The number of carbonyl (C=O) groups is 1. The minimum absolute atomic E-state index is 0.201. The maximum atomic E-state index is 12.9. The van der Waals surface area contributed by atoms with Crippen LogP contribution in [0.2, 0.25) is 0 Å². The number of hydrogen-bond donors (Lipinski definition) is 0. The quantitative estimate of drug-likeness (QED) is 0.636. The third-order valence-electron chi connectivity index (χ3n) is 3.81. The highest BCUT2D eigenvalue weighted by Gasteiger charge is 2.33. The van der Waals surface area contributed by atoms with E-state index in [0.29, 0.717) is 12.2 Å². The van der Waals surface area contributed by atoms with Gasteiger partial charge in [0, 0.05) is 0 Å². The molecule has 1 aliphatic carbocycles. The Bertz CT molecular complexity index is 669. The number of allylic oxidation sites excluding steroid dienone is 3. The molecule has 0 N–H and O–H groups in total. The summed E-state index contributed by atoms with van der Waals surface area (Å²) in [7, 11) is -1.70. The number of benzene rings is 1. The summed E-state index contributed by atoms with van der Waals surface area (Å²) in [5, 5.41) is 1.60. The highest BCUT2D eigenvalue weighted by Crippen LogP contribution is 2.34. The van der Waals surface area contributed by atoms with Gasteiger partial charge in [-0.3, -0.25) is 0 Å². The lowest BCUT2D eigenvalue weighted by Gasteiger charge is -2.23. The summed E-state index contributed by atoms with van der Waals surface area (Å²) in [5.41, 5.74) is 2.48. The molecule has 0 aliphatic heterocycles. The first-order chi connectivity index (χ1) is 10.5. The summed E-state index contributed by atoms with van der Waals surface area (Å²) in [6.07, 6.45) is 1.93. The number of hydrogen-bond acceptors (Lipinski definition) is 3. The molecular weight excluding hydrogens is 295 g/mol. The van der Waals surface area contributed by atoms with E-state index in [1.165, 1.54) is 0 Å². The molecule has 1 aliphatic rings. The lowest BCUT2D eigenvalue weighted by atomic mass is 9.85. The third-order valence-corrected chi connectivity index (χ3v) is 5.75. The van der Waals surface area contributed by atoms with Gasteiger partial charge < -0.3 is 9.63 Å². The smallest absolute Gasteiger partial charge is 0.335 e. The molecule has 2 atom stereocenters. The Kier molecular flexibility index (Phi) is 5.33. The Morgan fingerprint density at radius 2 is 1.91 bits per heavy atom. The Balaban J connectivity index is 2.52. The number of rotatable bonds is 3. The topological polar surface area (TPSA) is 49.4 Å². The van der Waals surface area contributed by atoms with Gasteiger partial charge in [0.25, 0.3) is 0 Å². The molecule has 0 fully saturated rings. The van der Waals surface area contributed by atoms with Crippen molar-refractivity contribution in [2.45, 2.75) is 27.7 Å². The number of ether oxygens (including phenoxy) is 1. The molecule has 0 spiro atoms. The molecule has 0 radical (unpaired) electrons. The van der Waals surface area contributed by atoms with Crippen LogP contribution < -0.4 is 10.2 Å². The van der Waals surface area contributed by atoms with Gasteiger partial charge in [0.1, 0.15) is 10.6 Å². The van der Waals surface area contributed by atoms with E-state index >= 15 is 0 Å². The molecular formula is C18H21O3P. The standard InChI is InChI=1S/C18H21O3P/c1-5-21-18(19)16-12(2)11-13(3)17(14(16)4)22(20)15-9-7-6-8-10-15/h6-11,14H,5H2,1-4H3. The van der Waals surface area contributed by atoms with Crippen molar-refractivity contribution in [1.82, 2.24) is 0 Å². The molecule has 4 heteroatoms. The van der Waals surface area contributed by atoms with Crippen LogP contribution >= 0.6 is 7.77 Å². The molecule has 0 aromatic heterocycles. The molecule has 1 aromatic rings. The lowest BCUT2D eigenvalue weighted by Crippen LogP contribution is -2.28. The van der Waals surface area contributed by atoms with E-state index in [4.69, 9.17) is 4.74 Å². The minimum atomic E-state index is -1.70. The van der Waals surface area contributed by atoms with Gasteiger partial charge in [-0.1, -0.05) is 31.2 Å². The maximum absolute atomic E-state index is 12.9. The predicted molar refractivity (Wildman–Crippen MR) is 90.3 cm³/mol. The van der Waals surface area contributed by atoms with Crippen molar-refractivity contribution < 1.29 is 14.4 Å². The fourth-order valence-electron chi connectivity index (χ4n) is 2.88. The Morgan fingerprint density at radius 3 is 2.50 bits per heavy atom.